The van der Waals surface area contributed by atoms with Crippen molar-refractivity contribution in [3.8, 4) is 11.1 Å². The first-order valence-electron chi connectivity index (χ1n) is 20.0. The topological polar surface area (TPSA) is 137 Å². The van der Waals surface area contributed by atoms with Gasteiger partial charge in [0.05, 0.1) is 15.3 Å². The zero-order chi connectivity index (χ0) is 41.8. The van der Waals surface area contributed by atoms with Gasteiger partial charge in [0.1, 0.15) is 12.0 Å². The van der Waals surface area contributed by atoms with Crippen molar-refractivity contribution in [2.45, 2.75) is 28.8 Å². The van der Waals surface area contributed by atoms with Crippen molar-refractivity contribution in [3.05, 3.63) is 142 Å². The van der Waals surface area contributed by atoms with Crippen LogP contribution in [0.4, 0.5) is 22.9 Å². The highest BCUT2D eigenvalue weighted by Gasteiger charge is 2.40. The van der Waals surface area contributed by atoms with Gasteiger partial charge < -0.3 is 15.1 Å². The second-order valence-electron chi connectivity index (χ2n) is 15.8. The summed E-state index contributed by atoms with van der Waals surface area (Å²) in [6, 6.07) is 36.2. The second-order valence-corrected chi connectivity index (χ2v) is 19.0. The van der Waals surface area contributed by atoms with Crippen LogP contribution in [0.25, 0.3) is 22.0 Å². The first kappa shape index (κ1) is 41.5. The zero-order valence-electron chi connectivity index (χ0n) is 33.4. The minimum absolute atomic E-state index is 0.103. The van der Waals surface area contributed by atoms with Crippen LogP contribution >= 0.6 is 23.4 Å². The Morgan fingerprint density at radius 2 is 1.63 bits per heavy atom. The van der Waals surface area contributed by atoms with E-state index in [1.54, 1.807) is 11.8 Å². The summed E-state index contributed by atoms with van der Waals surface area (Å²) in [7, 11) is -0.302. The fraction of sp³-hybridized carbons (Fsp3) is 0.289. The Bertz CT molecular complexity index is 2570. The Labute approximate surface area is 360 Å². The summed E-state index contributed by atoms with van der Waals surface area (Å²) in [5.74, 6) is 1.82. The number of anilines is 3. The van der Waals surface area contributed by atoms with Crippen molar-refractivity contribution in [2.75, 3.05) is 67.5 Å². The number of thioether (sulfide) groups is 1. The maximum Gasteiger partial charge on any atom is 0.293 e. The van der Waals surface area contributed by atoms with E-state index in [1.807, 2.05) is 74.8 Å². The molecule has 2 aliphatic heterocycles. The van der Waals surface area contributed by atoms with E-state index >= 15 is 0 Å². The number of likely N-dealkylation sites (tertiary alicyclic amines) is 1. The SMILES string of the molecule is CN(C)CCC(CSc1ccccc1)Nc1ccc(S(=O)(=O)Nc2ncnc3cc(N4C[C@H]5CN(Cc6ccccc6-c6ccc(Cl)cc6)C[C@H]5C4)ccc23)cc1[N+](=O)[O-]. The molecule has 15 heteroatoms. The molecule has 0 spiro atoms. The van der Waals surface area contributed by atoms with Crippen LogP contribution in [-0.4, -0.2) is 91.7 Å². The minimum atomic E-state index is -4.26. The summed E-state index contributed by atoms with van der Waals surface area (Å²) in [6.45, 7) is 5.52. The Morgan fingerprint density at radius 1 is 0.900 bits per heavy atom. The Balaban J connectivity index is 0.930. The second kappa shape index (κ2) is 18.2. The molecule has 0 bridgehead atoms. The number of halogens is 1. The van der Waals surface area contributed by atoms with Crippen molar-refractivity contribution in [2.24, 2.45) is 11.8 Å². The first-order valence-corrected chi connectivity index (χ1v) is 22.8. The molecule has 8 rings (SSSR count). The van der Waals surface area contributed by atoms with E-state index in [4.69, 9.17) is 11.6 Å². The normalized spacial score (nSPS) is 17.2. The molecule has 310 valence electrons. The lowest BCUT2D eigenvalue weighted by Gasteiger charge is -2.24. The average molecular weight is 864 g/mol. The van der Waals surface area contributed by atoms with Gasteiger partial charge in [0, 0.05) is 71.6 Å². The molecule has 0 saturated carbocycles. The number of rotatable bonds is 16. The number of hydrogen-bond donors (Lipinski definition) is 2. The molecule has 6 aromatic rings. The summed E-state index contributed by atoms with van der Waals surface area (Å²) >= 11 is 7.82. The van der Waals surface area contributed by atoms with E-state index in [0.29, 0.717) is 28.5 Å². The van der Waals surface area contributed by atoms with Gasteiger partial charge in [-0.25, -0.2) is 18.4 Å². The largest absolute Gasteiger partial charge is 0.376 e. The van der Waals surface area contributed by atoms with Crippen molar-refractivity contribution in [3.63, 3.8) is 0 Å². The van der Waals surface area contributed by atoms with Gasteiger partial charge in [0.25, 0.3) is 15.7 Å². The summed E-state index contributed by atoms with van der Waals surface area (Å²) in [4.78, 5) is 28.4. The van der Waals surface area contributed by atoms with Crippen molar-refractivity contribution in [1.29, 1.82) is 0 Å². The predicted octanol–water partition coefficient (Wildman–Crippen LogP) is 8.75. The predicted molar refractivity (Wildman–Crippen MR) is 243 cm³/mol. The molecule has 0 aliphatic carbocycles. The number of aromatic nitrogens is 2. The van der Waals surface area contributed by atoms with Crippen LogP contribution in [-0.2, 0) is 16.6 Å². The molecule has 0 radical (unpaired) electrons. The first-order chi connectivity index (χ1) is 29.0. The standard InChI is InChI=1S/C45H47ClN8O4S2/c1-51(2)21-20-36(29-59-38-9-4-3-5-10-38)49-42-19-17-39(23-44(42)54(55)56)60(57,58)50-45-41-18-16-37(22-43(41)47-30-48-45)53-27-33-25-52(26-34(33)28-53)24-32-8-6-7-11-40(32)31-12-14-35(46)15-13-31/h3-19,22-23,30,33-34,36,49H,20-21,24-29H2,1-2H3,(H,47,48,50)/t33-,34+,36?. The van der Waals surface area contributed by atoms with E-state index in [0.717, 1.165) is 72.9 Å². The van der Waals surface area contributed by atoms with Crippen molar-refractivity contribution in [1.82, 2.24) is 19.8 Å². The smallest absolute Gasteiger partial charge is 0.293 e. The Hall–Kier alpha value is -5.25. The van der Waals surface area contributed by atoms with Crippen LogP contribution in [0.2, 0.25) is 5.02 Å². The molecule has 1 unspecified atom stereocenters. The summed E-state index contributed by atoms with van der Waals surface area (Å²) < 4.78 is 30.1. The molecular formula is C45H47ClN8O4S2. The molecule has 2 saturated heterocycles. The summed E-state index contributed by atoms with van der Waals surface area (Å²) in [5, 5.41) is 16.9. The van der Waals surface area contributed by atoms with Crippen LogP contribution in [0.1, 0.15) is 12.0 Å². The molecule has 60 heavy (non-hydrogen) atoms. The van der Waals surface area contributed by atoms with Gasteiger partial charge in [-0.15, -0.1) is 11.8 Å². The number of nitro groups is 1. The number of nitro benzene ring substituents is 1. The molecule has 2 fully saturated rings. The van der Waals surface area contributed by atoms with Crippen LogP contribution in [0, 0.1) is 22.0 Å². The lowest BCUT2D eigenvalue weighted by molar-refractivity contribution is -0.384. The van der Waals surface area contributed by atoms with E-state index < -0.39 is 14.9 Å². The van der Waals surface area contributed by atoms with Gasteiger partial charge >= 0.3 is 0 Å². The highest BCUT2D eigenvalue weighted by molar-refractivity contribution is 7.99. The molecule has 1 aromatic heterocycles. The zero-order valence-corrected chi connectivity index (χ0v) is 35.8. The van der Waals surface area contributed by atoms with Gasteiger partial charge in [-0.05, 0) is 110 Å². The fourth-order valence-corrected chi connectivity index (χ4v) is 10.4. The summed E-state index contributed by atoms with van der Waals surface area (Å²) in [6.07, 6.45) is 2.06. The van der Waals surface area contributed by atoms with Crippen molar-refractivity contribution >= 4 is 67.2 Å². The molecular weight excluding hydrogens is 816 g/mol. The number of nitrogens with zero attached hydrogens (tertiary/aromatic N) is 6. The third kappa shape index (κ3) is 9.69. The number of hydrogen-bond acceptors (Lipinski definition) is 11. The number of nitrogens with one attached hydrogen (secondary N) is 2. The lowest BCUT2D eigenvalue weighted by Crippen LogP contribution is -2.28. The van der Waals surface area contributed by atoms with Gasteiger partial charge in [-0.2, -0.15) is 0 Å². The van der Waals surface area contributed by atoms with Crippen LogP contribution in [0.5, 0.6) is 0 Å². The Kier molecular flexibility index (Phi) is 12.6. The highest BCUT2D eigenvalue weighted by atomic mass is 35.5. The maximum atomic E-state index is 13.8. The monoisotopic (exact) mass is 862 g/mol. The average Bonchev–Trinajstić information content (AvgIpc) is 3.82. The molecule has 5 aromatic carbocycles. The van der Waals surface area contributed by atoms with Gasteiger partial charge in [0.2, 0.25) is 0 Å². The number of sulfonamides is 1. The summed E-state index contributed by atoms with van der Waals surface area (Å²) in [5.41, 5.74) is 5.25. The molecule has 3 atom stereocenters. The number of benzene rings is 5. The molecule has 12 nitrogen and oxygen atoms in total. The quantitative estimate of drug-likeness (QED) is 0.0549. The molecule has 2 aliphatic rings. The lowest BCUT2D eigenvalue weighted by atomic mass is 9.99. The minimum Gasteiger partial charge on any atom is -0.376 e. The van der Waals surface area contributed by atoms with Crippen molar-refractivity contribution < 1.29 is 13.3 Å². The van der Waals surface area contributed by atoms with Crippen LogP contribution in [0.15, 0.2) is 131 Å². The Morgan fingerprint density at radius 3 is 2.37 bits per heavy atom. The third-order valence-electron chi connectivity index (χ3n) is 11.3. The van der Waals surface area contributed by atoms with E-state index in [2.05, 4.69) is 71.1 Å². The van der Waals surface area contributed by atoms with E-state index in [9.17, 15) is 18.5 Å². The molecule has 0 amide bonds. The number of fused-ring (bicyclic) bond motifs is 2. The van der Waals surface area contributed by atoms with Gasteiger partial charge in [0.15, 0.2) is 5.82 Å². The molecule has 3 heterocycles. The maximum absolute atomic E-state index is 13.8. The highest BCUT2D eigenvalue weighted by Crippen LogP contribution is 2.38. The molecule has 2 N–H and O–H groups in total. The van der Waals surface area contributed by atoms with Gasteiger partial charge in [-0.3, -0.25) is 19.7 Å². The van der Waals surface area contributed by atoms with E-state index in [1.165, 1.54) is 29.6 Å². The third-order valence-corrected chi connectivity index (χ3v) is 14.1. The van der Waals surface area contributed by atoms with Crippen LogP contribution in [0.3, 0.4) is 0 Å². The van der Waals surface area contributed by atoms with Gasteiger partial charge in [-0.1, -0.05) is 66.2 Å². The fourth-order valence-electron chi connectivity index (χ4n) is 8.25. The van der Waals surface area contributed by atoms with Crippen LogP contribution < -0.4 is 14.9 Å². The van der Waals surface area contributed by atoms with E-state index in [-0.39, 0.29) is 28.1 Å².